The zero-order valence-corrected chi connectivity index (χ0v) is 16.5. The van der Waals surface area contributed by atoms with Crippen molar-refractivity contribution in [3.8, 4) is 17.1 Å². The van der Waals surface area contributed by atoms with Gasteiger partial charge in [0.1, 0.15) is 11.6 Å². The Morgan fingerprint density at radius 3 is 2.55 bits per heavy atom. The van der Waals surface area contributed by atoms with Crippen LogP contribution in [0.3, 0.4) is 0 Å². The minimum Gasteiger partial charge on any atom is -0.338 e. The van der Waals surface area contributed by atoms with E-state index in [1.807, 2.05) is 44.2 Å². The van der Waals surface area contributed by atoms with Crippen LogP contribution in [0.4, 0.5) is 8.78 Å². The molecule has 0 atom stereocenters. The molecule has 0 aliphatic rings. The molecule has 4 aromatic rings. The summed E-state index contributed by atoms with van der Waals surface area (Å²) in [6.45, 7) is 3.95. The van der Waals surface area contributed by atoms with Gasteiger partial charge >= 0.3 is 0 Å². The molecule has 0 radical (unpaired) electrons. The van der Waals surface area contributed by atoms with Gasteiger partial charge in [0.15, 0.2) is 16.8 Å². The van der Waals surface area contributed by atoms with Gasteiger partial charge in [-0.2, -0.15) is 4.98 Å². The van der Waals surface area contributed by atoms with Gasteiger partial charge in [0.25, 0.3) is 0 Å². The SMILES string of the molecule is CC(C)c1noc(CSc2nnc(-c3ccccc3)n2-c2ccc(F)cc2F)n1. The quantitative estimate of drug-likeness (QED) is 0.414. The number of rotatable bonds is 6. The zero-order chi connectivity index (χ0) is 20.4. The average molecular weight is 413 g/mol. The summed E-state index contributed by atoms with van der Waals surface area (Å²) in [7, 11) is 0. The molecule has 0 N–H and O–H groups in total. The number of halogens is 2. The Hall–Kier alpha value is -3.07. The molecule has 148 valence electrons. The second-order valence-corrected chi connectivity index (χ2v) is 7.54. The highest BCUT2D eigenvalue weighted by molar-refractivity contribution is 7.98. The fourth-order valence-electron chi connectivity index (χ4n) is 2.70. The fraction of sp³-hybridized carbons (Fsp3) is 0.200. The van der Waals surface area contributed by atoms with Crippen LogP contribution in [0.1, 0.15) is 31.5 Å². The fourth-order valence-corrected chi connectivity index (χ4v) is 3.49. The maximum atomic E-state index is 14.6. The predicted octanol–water partition coefficient (Wildman–Crippen LogP) is 5.01. The summed E-state index contributed by atoms with van der Waals surface area (Å²) in [6.07, 6.45) is 0. The first kappa shape index (κ1) is 19.3. The van der Waals surface area contributed by atoms with Crippen molar-refractivity contribution < 1.29 is 13.3 Å². The normalized spacial score (nSPS) is 11.3. The summed E-state index contributed by atoms with van der Waals surface area (Å²) in [4.78, 5) is 4.34. The van der Waals surface area contributed by atoms with Crippen molar-refractivity contribution >= 4 is 11.8 Å². The minimum absolute atomic E-state index is 0.152. The molecule has 2 aromatic carbocycles. The maximum absolute atomic E-state index is 14.6. The van der Waals surface area contributed by atoms with Crippen molar-refractivity contribution in [2.45, 2.75) is 30.7 Å². The molecular weight excluding hydrogens is 396 g/mol. The molecule has 0 bridgehead atoms. The molecule has 2 aromatic heterocycles. The molecule has 0 saturated heterocycles. The monoisotopic (exact) mass is 413 g/mol. The Bertz CT molecular complexity index is 1130. The molecule has 0 aliphatic carbocycles. The third-order valence-corrected chi connectivity index (χ3v) is 5.05. The van der Waals surface area contributed by atoms with Crippen LogP contribution >= 0.6 is 11.8 Å². The van der Waals surface area contributed by atoms with Crippen molar-refractivity contribution in [1.29, 1.82) is 0 Å². The first-order valence-electron chi connectivity index (χ1n) is 8.94. The van der Waals surface area contributed by atoms with Gasteiger partial charge < -0.3 is 4.52 Å². The topological polar surface area (TPSA) is 69.6 Å². The Morgan fingerprint density at radius 2 is 1.86 bits per heavy atom. The highest BCUT2D eigenvalue weighted by Crippen LogP contribution is 2.31. The summed E-state index contributed by atoms with van der Waals surface area (Å²) in [6, 6.07) is 12.7. The van der Waals surface area contributed by atoms with Gasteiger partial charge in [0.2, 0.25) is 5.89 Å². The van der Waals surface area contributed by atoms with Gasteiger partial charge in [0.05, 0.1) is 11.4 Å². The molecule has 6 nitrogen and oxygen atoms in total. The number of aromatic nitrogens is 5. The van der Waals surface area contributed by atoms with Gasteiger partial charge in [0, 0.05) is 17.5 Å². The largest absolute Gasteiger partial charge is 0.338 e. The second-order valence-electron chi connectivity index (χ2n) is 6.59. The number of thioether (sulfide) groups is 1. The predicted molar refractivity (Wildman–Crippen MR) is 105 cm³/mol. The Kier molecular flexibility index (Phi) is 5.39. The molecule has 0 spiro atoms. The lowest BCUT2D eigenvalue weighted by Gasteiger charge is -2.11. The Morgan fingerprint density at radius 1 is 1.07 bits per heavy atom. The van der Waals surface area contributed by atoms with Crippen molar-refractivity contribution in [2.75, 3.05) is 0 Å². The molecule has 0 fully saturated rings. The molecule has 0 saturated carbocycles. The number of hydrogen-bond donors (Lipinski definition) is 0. The van der Waals surface area contributed by atoms with Crippen LogP contribution in [0.15, 0.2) is 58.2 Å². The molecule has 2 heterocycles. The highest BCUT2D eigenvalue weighted by atomic mass is 32.2. The molecule has 0 amide bonds. The van der Waals surface area contributed by atoms with E-state index in [4.69, 9.17) is 4.52 Å². The summed E-state index contributed by atoms with van der Waals surface area (Å²) in [5.74, 6) is 0.651. The molecule has 4 rings (SSSR count). The van der Waals surface area contributed by atoms with E-state index in [0.717, 1.165) is 11.6 Å². The van der Waals surface area contributed by atoms with Gasteiger partial charge in [-0.15, -0.1) is 10.2 Å². The van der Waals surface area contributed by atoms with Gasteiger partial charge in [-0.3, -0.25) is 4.57 Å². The van der Waals surface area contributed by atoms with Crippen molar-refractivity contribution in [3.05, 3.63) is 71.9 Å². The summed E-state index contributed by atoms with van der Waals surface area (Å²) < 4.78 is 34.8. The maximum Gasteiger partial charge on any atom is 0.237 e. The molecule has 0 aliphatic heterocycles. The van der Waals surface area contributed by atoms with E-state index in [0.29, 0.717) is 28.4 Å². The number of nitrogens with zero attached hydrogens (tertiary/aromatic N) is 5. The lowest BCUT2D eigenvalue weighted by atomic mass is 10.2. The van der Waals surface area contributed by atoms with E-state index in [-0.39, 0.29) is 11.6 Å². The van der Waals surface area contributed by atoms with Gasteiger partial charge in [-0.1, -0.05) is 61.1 Å². The van der Waals surface area contributed by atoms with Crippen LogP contribution < -0.4 is 0 Å². The molecular formula is C20H17F2N5OS. The van der Waals surface area contributed by atoms with Crippen LogP contribution in [0.25, 0.3) is 17.1 Å². The average Bonchev–Trinajstić information content (AvgIpc) is 3.34. The Labute approximate surface area is 170 Å². The standard InChI is InChI=1S/C20H17F2N5OS/c1-12(2)18-23-17(28-26-18)11-29-20-25-24-19(13-6-4-3-5-7-13)27(20)16-9-8-14(21)10-15(16)22/h3-10,12H,11H2,1-2H3. The third-order valence-electron chi connectivity index (χ3n) is 4.14. The second kappa shape index (κ2) is 8.12. The molecule has 0 unspecified atom stereocenters. The van der Waals surface area contributed by atoms with Crippen molar-refractivity contribution in [3.63, 3.8) is 0 Å². The van der Waals surface area contributed by atoms with E-state index in [2.05, 4.69) is 20.3 Å². The van der Waals surface area contributed by atoms with Crippen LogP contribution in [0.5, 0.6) is 0 Å². The smallest absolute Gasteiger partial charge is 0.237 e. The van der Waals surface area contributed by atoms with Gasteiger partial charge in [-0.25, -0.2) is 8.78 Å². The number of benzene rings is 2. The van der Waals surface area contributed by atoms with Crippen LogP contribution in [0, 0.1) is 11.6 Å². The van der Waals surface area contributed by atoms with E-state index in [1.165, 1.54) is 23.9 Å². The van der Waals surface area contributed by atoms with Crippen LogP contribution in [0.2, 0.25) is 0 Å². The van der Waals surface area contributed by atoms with Gasteiger partial charge in [-0.05, 0) is 12.1 Å². The van der Waals surface area contributed by atoms with E-state index in [1.54, 1.807) is 4.57 Å². The summed E-state index contributed by atoms with van der Waals surface area (Å²) in [5, 5.41) is 12.8. The highest BCUT2D eigenvalue weighted by Gasteiger charge is 2.20. The lowest BCUT2D eigenvalue weighted by Crippen LogP contribution is -2.03. The third kappa shape index (κ3) is 4.04. The zero-order valence-electron chi connectivity index (χ0n) is 15.7. The first-order chi connectivity index (χ1) is 14.0. The summed E-state index contributed by atoms with van der Waals surface area (Å²) in [5.41, 5.74) is 0.918. The molecule has 9 heteroatoms. The molecule has 29 heavy (non-hydrogen) atoms. The van der Waals surface area contributed by atoms with Crippen LogP contribution in [-0.4, -0.2) is 24.9 Å². The Balaban J connectivity index is 1.72. The number of hydrogen-bond acceptors (Lipinski definition) is 6. The van der Waals surface area contributed by atoms with Crippen LogP contribution in [-0.2, 0) is 5.75 Å². The van der Waals surface area contributed by atoms with E-state index < -0.39 is 11.6 Å². The van der Waals surface area contributed by atoms with E-state index in [9.17, 15) is 8.78 Å². The van der Waals surface area contributed by atoms with Crippen molar-refractivity contribution in [1.82, 2.24) is 24.9 Å². The lowest BCUT2D eigenvalue weighted by molar-refractivity contribution is 0.382. The first-order valence-corrected chi connectivity index (χ1v) is 9.93. The summed E-state index contributed by atoms with van der Waals surface area (Å²) >= 11 is 1.28. The van der Waals surface area contributed by atoms with E-state index >= 15 is 0 Å². The van der Waals surface area contributed by atoms with Crippen molar-refractivity contribution in [2.24, 2.45) is 0 Å². The minimum atomic E-state index is -0.705.